The van der Waals surface area contributed by atoms with Crippen molar-refractivity contribution in [3.8, 4) is 5.75 Å². The number of halogens is 2. The van der Waals surface area contributed by atoms with Crippen molar-refractivity contribution >= 4 is 45.2 Å². The fraction of sp³-hybridized carbons (Fsp3) is 0.111. The molecule has 0 unspecified atom stereocenters. The summed E-state index contributed by atoms with van der Waals surface area (Å²) >= 11 is 9.32. The Hall–Kier alpha value is -2.31. The van der Waals surface area contributed by atoms with E-state index < -0.39 is 5.97 Å². The summed E-state index contributed by atoms with van der Waals surface area (Å²) in [6.07, 6.45) is 6.52. The van der Waals surface area contributed by atoms with Gasteiger partial charge in [-0.15, -0.1) is 0 Å². The van der Waals surface area contributed by atoms with Gasteiger partial charge in [-0.3, -0.25) is 0 Å². The fourth-order valence-electron chi connectivity index (χ4n) is 2.27. The zero-order valence-electron chi connectivity index (χ0n) is 13.3. The second kappa shape index (κ2) is 7.72. The molecule has 3 aromatic rings. The Morgan fingerprint density at radius 1 is 1.32 bits per heavy atom. The van der Waals surface area contributed by atoms with Crippen molar-refractivity contribution < 1.29 is 14.3 Å². The Kier molecular flexibility index (Phi) is 5.40. The molecule has 0 fully saturated rings. The Balaban J connectivity index is 1.65. The summed E-state index contributed by atoms with van der Waals surface area (Å²) < 4.78 is 13.2. The molecule has 25 heavy (non-hydrogen) atoms. The molecular formula is C18H14BrClN2O3. The minimum Gasteiger partial charge on any atom is -0.496 e. The summed E-state index contributed by atoms with van der Waals surface area (Å²) in [7, 11) is 1.58. The van der Waals surface area contributed by atoms with Gasteiger partial charge in [0.05, 0.1) is 17.8 Å². The maximum absolute atomic E-state index is 11.9. The van der Waals surface area contributed by atoms with Crippen LogP contribution in [0.25, 0.3) is 11.7 Å². The lowest BCUT2D eigenvalue weighted by molar-refractivity contribution is -0.139. The maximum atomic E-state index is 11.9. The highest BCUT2D eigenvalue weighted by molar-refractivity contribution is 9.10. The van der Waals surface area contributed by atoms with Gasteiger partial charge in [0, 0.05) is 28.5 Å². The molecule has 0 aliphatic rings. The molecule has 0 aliphatic carbocycles. The van der Waals surface area contributed by atoms with Crippen LogP contribution in [0.4, 0.5) is 0 Å². The van der Waals surface area contributed by atoms with E-state index in [1.807, 2.05) is 18.2 Å². The van der Waals surface area contributed by atoms with Crippen molar-refractivity contribution in [3.05, 3.63) is 69.6 Å². The van der Waals surface area contributed by atoms with Crippen LogP contribution in [0, 0.1) is 0 Å². The molecule has 0 bridgehead atoms. The summed E-state index contributed by atoms with van der Waals surface area (Å²) in [4.78, 5) is 16.3. The van der Waals surface area contributed by atoms with E-state index in [4.69, 9.17) is 21.1 Å². The van der Waals surface area contributed by atoms with Crippen molar-refractivity contribution in [1.82, 2.24) is 9.38 Å². The molecule has 2 aromatic heterocycles. The Bertz CT molecular complexity index is 953. The SMILES string of the molecule is COc1ccc(Br)cc1/C=C/C(=O)OCc1cn2cc(Cl)ccc2n1. The topological polar surface area (TPSA) is 52.8 Å². The first kappa shape index (κ1) is 17.5. The zero-order valence-corrected chi connectivity index (χ0v) is 15.6. The summed E-state index contributed by atoms with van der Waals surface area (Å²) in [5, 5.41) is 0.611. The van der Waals surface area contributed by atoms with Gasteiger partial charge in [-0.05, 0) is 36.4 Å². The van der Waals surface area contributed by atoms with Crippen LogP contribution in [0.15, 0.2) is 53.3 Å². The van der Waals surface area contributed by atoms with Gasteiger partial charge in [-0.25, -0.2) is 9.78 Å². The maximum Gasteiger partial charge on any atom is 0.331 e. The lowest BCUT2D eigenvalue weighted by Gasteiger charge is -2.04. The number of hydrogen-bond donors (Lipinski definition) is 0. The molecule has 0 amide bonds. The molecule has 0 saturated carbocycles. The molecule has 1 aromatic carbocycles. The smallest absolute Gasteiger partial charge is 0.331 e. The average molecular weight is 422 g/mol. The number of methoxy groups -OCH3 is 1. The fourth-order valence-corrected chi connectivity index (χ4v) is 2.82. The van der Waals surface area contributed by atoms with Crippen molar-refractivity contribution in [2.45, 2.75) is 6.61 Å². The van der Waals surface area contributed by atoms with E-state index in [0.29, 0.717) is 16.5 Å². The number of aromatic nitrogens is 2. The molecular weight excluding hydrogens is 408 g/mol. The number of ether oxygens (including phenoxy) is 2. The van der Waals surface area contributed by atoms with E-state index in [2.05, 4.69) is 20.9 Å². The van der Waals surface area contributed by atoms with Crippen molar-refractivity contribution in [1.29, 1.82) is 0 Å². The van der Waals surface area contributed by atoms with Crippen molar-refractivity contribution in [3.63, 3.8) is 0 Å². The third-order valence-electron chi connectivity index (χ3n) is 3.42. The number of hydrogen-bond acceptors (Lipinski definition) is 4. The number of carbonyl (C=O) groups excluding carboxylic acids is 1. The summed E-state index contributed by atoms with van der Waals surface area (Å²) in [6, 6.07) is 9.09. The molecule has 0 atom stereocenters. The Labute approximate surface area is 158 Å². The van der Waals surface area contributed by atoms with E-state index >= 15 is 0 Å². The molecule has 0 N–H and O–H groups in total. The van der Waals surface area contributed by atoms with Gasteiger partial charge >= 0.3 is 5.97 Å². The van der Waals surface area contributed by atoms with Gasteiger partial charge in [0.2, 0.25) is 0 Å². The predicted molar refractivity (Wildman–Crippen MR) is 99.7 cm³/mol. The summed E-state index contributed by atoms with van der Waals surface area (Å²) in [6.45, 7) is 0.0814. The van der Waals surface area contributed by atoms with Gasteiger partial charge in [-0.1, -0.05) is 27.5 Å². The largest absolute Gasteiger partial charge is 0.496 e. The highest BCUT2D eigenvalue weighted by Crippen LogP contribution is 2.24. The zero-order chi connectivity index (χ0) is 17.8. The summed E-state index contributed by atoms with van der Waals surface area (Å²) in [5.41, 5.74) is 2.16. The molecule has 0 radical (unpaired) electrons. The number of carbonyl (C=O) groups is 1. The van der Waals surface area contributed by atoms with Gasteiger partial charge in [-0.2, -0.15) is 0 Å². The second-order valence-corrected chi connectivity index (χ2v) is 6.52. The molecule has 2 heterocycles. The van der Waals surface area contributed by atoms with Gasteiger partial charge in [0.25, 0.3) is 0 Å². The minimum atomic E-state index is -0.461. The van der Waals surface area contributed by atoms with Crippen LogP contribution in [-0.2, 0) is 16.1 Å². The average Bonchev–Trinajstić information content (AvgIpc) is 3.00. The van der Waals surface area contributed by atoms with Crippen molar-refractivity contribution in [2.75, 3.05) is 7.11 Å². The lowest BCUT2D eigenvalue weighted by atomic mass is 10.2. The number of rotatable bonds is 5. The number of nitrogens with zero attached hydrogens (tertiary/aromatic N) is 2. The Morgan fingerprint density at radius 3 is 2.96 bits per heavy atom. The van der Waals surface area contributed by atoms with Crippen LogP contribution in [0.2, 0.25) is 5.02 Å². The molecule has 3 rings (SSSR count). The highest BCUT2D eigenvalue weighted by Gasteiger charge is 2.06. The predicted octanol–water partition coefficient (Wildman–Crippen LogP) is 4.52. The van der Waals surface area contributed by atoms with E-state index in [1.165, 1.54) is 6.08 Å². The van der Waals surface area contributed by atoms with E-state index in [1.54, 1.807) is 42.1 Å². The molecule has 128 valence electrons. The third kappa shape index (κ3) is 4.41. The van der Waals surface area contributed by atoms with Crippen molar-refractivity contribution in [2.24, 2.45) is 0 Å². The molecule has 0 saturated heterocycles. The first-order chi connectivity index (χ1) is 12.0. The highest BCUT2D eigenvalue weighted by atomic mass is 79.9. The van der Waals surface area contributed by atoms with Crippen LogP contribution < -0.4 is 4.74 Å². The standard InChI is InChI=1S/C18H14BrClN2O3/c1-24-16-5-3-13(19)8-12(16)2-7-18(23)25-11-15-10-22-9-14(20)4-6-17(22)21-15/h2-10H,11H2,1H3/b7-2+. The Morgan fingerprint density at radius 2 is 2.16 bits per heavy atom. The van der Waals surface area contributed by atoms with Crippen LogP contribution in [-0.4, -0.2) is 22.5 Å². The molecule has 7 heteroatoms. The number of benzene rings is 1. The summed E-state index contributed by atoms with van der Waals surface area (Å²) in [5.74, 6) is 0.210. The quantitative estimate of drug-likeness (QED) is 0.449. The van der Waals surface area contributed by atoms with Crippen LogP contribution in [0.3, 0.4) is 0 Å². The van der Waals surface area contributed by atoms with Gasteiger partial charge in [0.15, 0.2) is 0 Å². The first-order valence-corrected chi connectivity index (χ1v) is 8.54. The number of fused-ring (bicyclic) bond motifs is 1. The molecule has 5 nitrogen and oxygen atoms in total. The van der Waals surface area contributed by atoms with E-state index in [9.17, 15) is 4.79 Å². The second-order valence-electron chi connectivity index (χ2n) is 5.17. The van der Waals surface area contributed by atoms with Crippen LogP contribution in [0.5, 0.6) is 5.75 Å². The normalized spacial score (nSPS) is 11.2. The monoisotopic (exact) mass is 420 g/mol. The number of imidazole rings is 1. The molecule has 0 aliphatic heterocycles. The van der Waals surface area contributed by atoms with Gasteiger partial charge < -0.3 is 13.9 Å². The van der Waals surface area contributed by atoms with E-state index in [-0.39, 0.29) is 6.61 Å². The van der Waals surface area contributed by atoms with Crippen LogP contribution in [0.1, 0.15) is 11.3 Å². The van der Waals surface area contributed by atoms with Crippen LogP contribution >= 0.6 is 27.5 Å². The minimum absolute atomic E-state index is 0.0814. The lowest BCUT2D eigenvalue weighted by Crippen LogP contribution is -2.01. The first-order valence-electron chi connectivity index (χ1n) is 7.36. The number of pyridine rings is 1. The van der Waals surface area contributed by atoms with Gasteiger partial charge in [0.1, 0.15) is 18.0 Å². The van der Waals surface area contributed by atoms with E-state index in [0.717, 1.165) is 15.7 Å². The molecule has 0 spiro atoms. The third-order valence-corrected chi connectivity index (χ3v) is 4.13. The number of esters is 1.